The van der Waals surface area contributed by atoms with Crippen LogP contribution in [-0.2, 0) is 23.8 Å². The number of nitro groups is 1. The topological polar surface area (TPSA) is 128 Å². The molecule has 0 N–H and O–H groups in total. The Labute approximate surface area is 219 Å². The second-order valence-corrected chi connectivity index (χ2v) is 9.28. The maximum atomic E-state index is 11.9. The summed E-state index contributed by atoms with van der Waals surface area (Å²) in [6.07, 6.45) is -0.331. The zero-order chi connectivity index (χ0) is 27.6. The average molecular weight is 527 g/mol. The van der Waals surface area contributed by atoms with E-state index in [9.17, 15) is 19.7 Å². The molecule has 0 bridgehead atoms. The van der Waals surface area contributed by atoms with Crippen LogP contribution in [0.3, 0.4) is 0 Å². The van der Waals surface area contributed by atoms with Crippen molar-refractivity contribution < 1.29 is 38.2 Å². The maximum absolute atomic E-state index is 11.9. The van der Waals surface area contributed by atoms with E-state index in [1.54, 1.807) is 24.3 Å². The van der Waals surface area contributed by atoms with E-state index in [-0.39, 0.29) is 24.1 Å². The lowest BCUT2D eigenvalue weighted by molar-refractivity contribution is -0.384. The molecule has 1 aliphatic heterocycles. The fourth-order valence-corrected chi connectivity index (χ4v) is 4.60. The van der Waals surface area contributed by atoms with Crippen molar-refractivity contribution in [2.75, 3.05) is 13.7 Å². The molecule has 1 aliphatic rings. The highest BCUT2D eigenvalue weighted by atomic mass is 16.7. The van der Waals surface area contributed by atoms with Gasteiger partial charge in [-0.15, -0.1) is 0 Å². The van der Waals surface area contributed by atoms with Gasteiger partial charge in [0.1, 0.15) is 6.61 Å². The first kappa shape index (κ1) is 26.9. The van der Waals surface area contributed by atoms with Gasteiger partial charge in [0, 0.05) is 55.2 Å². The molecule has 2 unspecified atom stereocenters. The van der Waals surface area contributed by atoms with Crippen LogP contribution in [0, 0.1) is 22.0 Å². The van der Waals surface area contributed by atoms with E-state index in [1.807, 2.05) is 30.7 Å². The maximum Gasteiger partial charge on any atom is 0.303 e. The summed E-state index contributed by atoms with van der Waals surface area (Å²) in [4.78, 5) is 33.9. The van der Waals surface area contributed by atoms with Crippen molar-refractivity contribution in [1.29, 1.82) is 0 Å². The number of carbonyl (C=O) groups excluding carboxylic acids is 2. The van der Waals surface area contributed by atoms with Crippen molar-refractivity contribution in [3.05, 3.63) is 58.8 Å². The van der Waals surface area contributed by atoms with Crippen LogP contribution in [0.2, 0.25) is 0 Å². The first-order valence-electron chi connectivity index (χ1n) is 12.2. The van der Waals surface area contributed by atoms with Crippen LogP contribution in [-0.4, -0.2) is 53.6 Å². The molecule has 0 aliphatic carbocycles. The number of aromatic nitrogens is 1. The number of carbonyl (C=O) groups is 2. The van der Waals surface area contributed by atoms with E-state index in [2.05, 4.69) is 0 Å². The van der Waals surface area contributed by atoms with E-state index in [0.717, 1.165) is 16.6 Å². The predicted molar refractivity (Wildman–Crippen MR) is 136 cm³/mol. The SMILES string of the molecule is COc1cc(-n2ccc3cc([N+](=O)[O-])ccc32)ccc1O[C@H]1OC(COC(C)=O)[C@@H](C)[C@H](C)C1OC(C)=O. The van der Waals surface area contributed by atoms with Gasteiger partial charge in [-0.2, -0.15) is 0 Å². The predicted octanol–water partition coefficient (Wildman–Crippen LogP) is 4.42. The number of esters is 2. The third kappa shape index (κ3) is 5.57. The Morgan fingerprint density at radius 2 is 1.79 bits per heavy atom. The number of fused-ring (bicyclic) bond motifs is 1. The number of hydrogen-bond donors (Lipinski definition) is 0. The molecule has 11 nitrogen and oxygen atoms in total. The van der Waals surface area contributed by atoms with Crippen LogP contribution in [0.1, 0.15) is 27.7 Å². The minimum atomic E-state index is -0.974. The minimum Gasteiger partial charge on any atom is -0.493 e. The normalized spacial score (nSPS) is 23.0. The summed E-state index contributed by atoms with van der Waals surface area (Å²) in [5, 5.41) is 11.8. The Morgan fingerprint density at radius 3 is 2.45 bits per heavy atom. The first-order chi connectivity index (χ1) is 18.1. The summed E-state index contributed by atoms with van der Waals surface area (Å²) in [6.45, 7) is 6.57. The van der Waals surface area contributed by atoms with Crippen LogP contribution in [0.25, 0.3) is 16.6 Å². The van der Waals surface area contributed by atoms with Gasteiger partial charge < -0.3 is 28.3 Å². The van der Waals surface area contributed by atoms with Gasteiger partial charge in [0.2, 0.25) is 6.29 Å². The fraction of sp³-hybridized carbons (Fsp3) is 0.407. The lowest BCUT2D eigenvalue weighted by Crippen LogP contribution is -2.54. The molecular weight excluding hydrogens is 496 g/mol. The van der Waals surface area contributed by atoms with E-state index in [0.29, 0.717) is 11.5 Å². The molecule has 1 aromatic heterocycles. The molecule has 0 radical (unpaired) electrons. The van der Waals surface area contributed by atoms with Gasteiger partial charge in [0.05, 0.1) is 23.7 Å². The standard InChI is InChI=1S/C27H30N2O9/c1-15-16(2)26(36-18(4)31)27(38-25(15)14-35-17(3)30)37-23-9-7-20(13-24(23)34-5)28-11-10-19-12-21(29(32)33)6-8-22(19)28/h6-13,15-16,25-27H,14H2,1-5H3/t15-,16-,25?,26?,27-/m0/s1. The zero-order valence-corrected chi connectivity index (χ0v) is 21.8. The Bertz CT molecular complexity index is 1350. The lowest BCUT2D eigenvalue weighted by atomic mass is 9.83. The van der Waals surface area contributed by atoms with Crippen molar-refractivity contribution in [1.82, 2.24) is 4.57 Å². The van der Waals surface area contributed by atoms with Gasteiger partial charge in [0.25, 0.3) is 5.69 Å². The van der Waals surface area contributed by atoms with Crippen molar-refractivity contribution in [3.63, 3.8) is 0 Å². The Balaban J connectivity index is 1.63. The van der Waals surface area contributed by atoms with E-state index < -0.39 is 35.4 Å². The molecule has 11 heteroatoms. The summed E-state index contributed by atoms with van der Waals surface area (Å²) < 4.78 is 30.6. The highest BCUT2D eigenvalue weighted by molar-refractivity contribution is 5.84. The number of hydrogen-bond acceptors (Lipinski definition) is 9. The highest BCUT2D eigenvalue weighted by Gasteiger charge is 2.45. The van der Waals surface area contributed by atoms with Crippen LogP contribution >= 0.6 is 0 Å². The first-order valence-corrected chi connectivity index (χ1v) is 12.2. The number of rotatable bonds is 8. The van der Waals surface area contributed by atoms with Crippen LogP contribution in [0.15, 0.2) is 48.7 Å². The molecule has 38 heavy (non-hydrogen) atoms. The average Bonchev–Trinajstić information content (AvgIpc) is 3.30. The number of non-ortho nitro benzene ring substituents is 1. The van der Waals surface area contributed by atoms with Gasteiger partial charge in [0.15, 0.2) is 17.6 Å². The second-order valence-electron chi connectivity index (χ2n) is 9.28. The van der Waals surface area contributed by atoms with Crippen molar-refractivity contribution in [3.8, 4) is 17.2 Å². The van der Waals surface area contributed by atoms with Crippen LogP contribution in [0.4, 0.5) is 5.69 Å². The molecule has 0 spiro atoms. The smallest absolute Gasteiger partial charge is 0.303 e. The minimum absolute atomic E-state index is 0.0157. The van der Waals surface area contributed by atoms with Crippen LogP contribution < -0.4 is 9.47 Å². The van der Waals surface area contributed by atoms with Gasteiger partial charge in [-0.25, -0.2) is 0 Å². The van der Waals surface area contributed by atoms with E-state index in [4.69, 9.17) is 23.7 Å². The van der Waals surface area contributed by atoms with Crippen molar-refractivity contribution >= 4 is 28.5 Å². The summed E-state index contributed by atoms with van der Waals surface area (Å²) in [6, 6.07) is 11.7. The zero-order valence-electron chi connectivity index (χ0n) is 21.8. The molecule has 5 atom stereocenters. The second kappa shape index (κ2) is 11.1. The Kier molecular flexibility index (Phi) is 7.86. The highest BCUT2D eigenvalue weighted by Crippen LogP contribution is 2.38. The summed E-state index contributed by atoms with van der Waals surface area (Å²) in [5.41, 5.74) is 1.55. The molecule has 3 aromatic rings. The number of nitrogens with zero attached hydrogens (tertiary/aromatic N) is 2. The molecule has 2 heterocycles. The number of nitro benzene ring substituents is 1. The Morgan fingerprint density at radius 1 is 1.03 bits per heavy atom. The van der Waals surface area contributed by atoms with Gasteiger partial charge >= 0.3 is 11.9 Å². The van der Waals surface area contributed by atoms with Gasteiger partial charge in [-0.1, -0.05) is 13.8 Å². The van der Waals surface area contributed by atoms with Gasteiger partial charge in [-0.3, -0.25) is 19.7 Å². The summed E-state index contributed by atoms with van der Waals surface area (Å²) in [7, 11) is 1.50. The molecule has 0 amide bonds. The quantitative estimate of drug-likeness (QED) is 0.238. The summed E-state index contributed by atoms with van der Waals surface area (Å²) in [5.74, 6) is -0.360. The number of methoxy groups -OCH3 is 1. The molecule has 1 fully saturated rings. The fourth-order valence-electron chi connectivity index (χ4n) is 4.60. The molecule has 1 saturated heterocycles. The van der Waals surface area contributed by atoms with E-state index >= 15 is 0 Å². The van der Waals surface area contributed by atoms with Crippen LogP contribution in [0.5, 0.6) is 11.5 Å². The monoisotopic (exact) mass is 526 g/mol. The molecule has 202 valence electrons. The van der Waals surface area contributed by atoms with Crippen molar-refractivity contribution in [2.24, 2.45) is 11.8 Å². The van der Waals surface area contributed by atoms with Gasteiger partial charge in [-0.05, 0) is 30.2 Å². The molecule has 0 saturated carbocycles. The Hall–Kier alpha value is -4.12. The summed E-state index contributed by atoms with van der Waals surface area (Å²) >= 11 is 0. The number of ether oxygens (including phenoxy) is 5. The number of benzene rings is 2. The third-order valence-electron chi connectivity index (χ3n) is 6.82. The molecule has 4 rings (SSSR count). The van der Waals surface area contributed by atoms with Crippen molar-refractivity contribution in [2.45, 2.75) is 46.2 Å². The largest absolute Gasteiger partial charge is 0.493 e. The third-order valence-corrected chi connectivity index (χ3v) is 6.82. The molecular formula is C27H30N2O9. The lowest BCUT2D eigenvalue weighted by Gasteiger charge is -2.43. The molecule has 2 aromatic carbocycles. The van der Waals surface area contributed by atoms with E-state index in [1.165, 1.54) is 33.1 Å².